The van der Waals surface area contributed by atoms with Gasteiger partial charge in [-0.15, -0.1) is 0 Å². The number of nitrogens with one attached hydrogen (secondary N) is 1. The lowest BCUT2D eigenvalue weighted by molar-refractivity contribution is -0.118. The van der Waals surface area contributed by atoms with Gasteiger partial charge in [0.2, 0.25) is 21.8 Å². The van der Waals surface area contributed by atoms with Crippen molar-refractivity contribution in [3.8, 4) is 0 Å². The Hall–Kier alpha value is -2.72. The predicted octanol–water partition coefficient (Wildman–Crippen LogP) is 3.08. The lowest BCUT2D eigenvalue weighted by Crippen LogP contribution is -2.33. The summed E-state index contributed by atoms with van der Waals surface area (Å²) in [5.74, 6) is -0.309. The van der Waals surface area contributed by atoms with Gasteiger partial charge in [-0.1, -0.05) is 26.0 Å². The van der Waals surface area contributed by atoms with Gasteiger partial charge < -0.3 is 10.2 Å². The number of para-hydroxylation sites is 2. The van der Waals surface area contributed by atoms with Crippen LogP contribution in [-0.2, 0) is 26.2 Å². The lowest BCUT2D eigenvalue weighted by Gasteiger charge is -2.21. The van der Waals surface area contributed by atoms with Gasteiger partial charge in [-0.2, -0.15) is 9.40 Å². The van der Waals surface area contributed by atoms with Gasteiger partial charge >= 0.3 is 0 Å². The van der Waals surface area contributed by atoms with Crippen LogP contribution in [0.1, 0.15) is 50.9 Å². The van der Waals surface area contributed by atoms with E-state index in [0.29, 0.717) is 61.7 Å². The second-order valence-electron chi connectivity index (χ2n) is 8.28. The van der Waals surface area contributed by atoms with Crippen LogP contribution >= 0.6 is 0 Å². The van der Waals surface area contributed by atoms with Crippen LogP contribution in [0.25, 0.3) is 0 Å². The van der Waals surface area contributed by atoms with E-state index in [1.165, 1.54) is 8.99 Å². The minimum absolute atomic E-state index is 0.0359. The van der Waals surface area contributed by atoms with E-state index in [0.717, 1.165) is 6.42 Å². The first-order valence-electron chi connectivity index (χ1n) is 11.4. The Labute approximate surface area is 195 Å². The molecule has 0 atom stereocenters. The maximum absolute atomic E-state index is 13.3. The third-order valence-electron chi connectivity index (χ3n) is 5.69. The molecular formula is C23H33N5O4S. The number of nitrogens with zero attached hydrogens (tertiary/aromatic N) is 4. The summed E-state index contributed by atoms with van der Waals surface area (Å²) in [4.78, 5) is 26.9. The van der Waals surface area contributed by atoms with E-state index in [1.807, 2.05) is 26.0 Å². The minimum atomic E-state index is -3.71. The van der Waals surface area contributed by atoms with Crippen LogP contribution in [0.3, 0.4) is 0 Å². The highest BCUT2D eigenvalue weighted by Crippen LogP contribution is 2.29. The summed E-state index contributed by atoms with van der Waals surface area (Å²) in [6, 6.07) is 7.18. The van der Waals surface area contributed by atoms with Gasteiger partial charge in [0.1, 0.15) is 11.4 Å². The van der Waals surface area contributed by atoms with Gasteiger partial charge in [-0.3, -0.25) is 14.3 Å². The van der Waals surface area contributed by atoms with Crippen molar-refractivity contribution >= 4 is 33.2 Å². The SMILES string of the molecule is CCCN(CCC)S(=O)(=O)c1c(C)nn(CC(=O)Nc2ccccc2N2CCCC2=O)c1C. The Kier molecular flexibility index (Phi) is 7.91. The molecule has 9 nitrogen and oxygen atoms in total. The molecule has 0 unspecified atom stereocenters. The molecule has 1 aromatic heterocycles. The van der Waals surface area contributed by atoms with Gasteiger partial charge in [0.05, 0.1) is 22.8 Å². The van der Waals surface area contributed by atoms with Crippen LogP contribution in [0.2, 0.25) is 0 Å². The van der Waals surface area contributed by atoms with Crippen molar-refractivity contribution in [1.29, 1.82) is 0 Å². The smallest absolute Gasteiger partial charge is 0.246 e. The summed E-state index contributed by atoms with van der Waals surface area (Å²) in [5.41, 5.74) is 2.02. The van der Waals surface area contributed by atoms with Crippen LogP contribution in [0.4, 0.5) is 11.4 Å². The molecule has 0 aliphatic carbocycles. The maximum Gasteiger partial charge on any atom is 0.246 e. The van der Waals surface area contributed by atoms with Crippen LogP contribution in [0, 0.1) is 13.8 Å². The molecule has 1 N–H and O–H groups in total. The molecule has 1 fully saturated rings. The Morgan fingerprint density at radius 2 is 1.82 bits per heavy atom. The van der Waals surface area contributed by atoms with Crippen molar-refractivity contribution in [2.24, 2.45) is 0 Å². The van der Waals surface area contributed by atoms with E-state index in [1.54, 1.807) is 30.9 Å². The second kappa shape index (κ2) is 10.5. The molecular weight excluding hydrogens is 442 g/mol. The van der Waals surface area contributed by atoms with Crippen molar-refractivity contribution in [2.75, 3.05) is 29.9 Å². The fraction of sp³-hybridized carbons (Fsp3) is 0.522. The average Bonchev–Trinajstić information content (AvgIpc) is 3.30. The number of carbonyl (C=O) groups excluding carboxylic acids is 2. The monoisotopic (exact) mass is 475 g/mol. The zero-order valence-corrected chi connectivity index (χ0v) is 20.6. The topological polar surface area (TPSA) is 105 Å². The number of carbonyl (C=O) groups is 2. The number of sulfonamides is 1. The number of anilines is 2. The number of hydrogen-bond donors (Lipinski definition) is 1. The van der Waals surface area contributed by atoms with E-state index in [4.69, 9.17) is 0 Å². The Morgan fingerprint density at radius 1 is 1.15 bits per heavy atom. The minimum Gasteiger partial charge on any atom is -0.323 e. The van der Waals surface area contributed by atoms with Crippen molar-refractivity contribution in [2.45, 2.75) is 64.8 Å². The molecule has 0 bridgehead atoms. The molecule has 3 rings (SSSR count). The van der Waals surface area contributed by atoms with Crippen LogP contribution in [-0.4, -0.2) is 54.0 Å². The maximum atomic E-state index is 13.3. The molecule has 1 saturated heterocycles. The normalized spacial score (nSPS) is 14.3. The fourth-order valence-corrected chi connectivity index (χ4v) is 6.23. The fourth-order valence-electron chi connectivity index (χ4n) is 4.23. The molecule has 1 aliphatic rings. The third kappa shape index (κ3) is 5.27. The molecule has 180 valence electrons. The first kappa shape index (κ1) is 24.9. The first-order chi connectivity index (χ1) is 15.7. The number of aryl methyl sites for hydroxylation is 1. The molecule has 0 saturated carbocycles. The highest BCUT2D eigenvalue weighted by molar-refractivity contribution is 7.89. The largest absolute Gasteiger partial charge is 0.323 e. The number of hydrogen-bond acceptors (Lipinski definition) is 5. The molecule has 10 heteroatoms. The highest BCUT2D eigenvalue weighted by Gasteiger charge is 2.30. The van der Waals surface area contributed by atoms with Gasteiger partial charge in [0.25, 0.3) is 0 Å². The molecule has 2 aromatic rings. The second-order valence-corrected chi connectivity index (χ2v) is 10.2. The average molecular weight is 476 g/mol. The third-order valence-corrected chi connectivity index (χ3v) is 7.85. The standard InChI is InChI=1S/C23H33N5O4S/c1-5-13-26(14-6-2)33(31,32)23-17(3)25-28(18(23)4)16-21(29)24-19-10-7-8-11-20(19)27-15-9-12-22(27)30/h7-8,10-11H,5-6,9,12-16H2,1-4H3,(H,24,29). The quantitative estimate of drug-likeness (QED) is 0.569. The van der Waals surface area contributed by atoms with Crippen molar-refractivity contribution in [3.63, 3.8) is 0 Å². The predicted molar refractivity (Wildman–Crippen MR) is 128 cm³/mol. The van der Waals surface area contributed by atoms with Crippen molar-refractivity contribution in [3.05, 3.63) is 35.7 Å². The zero-order chi connectivity index (χ0) is 24.2. The van der Waals surface area contributed by atoms with E-state index >= 15 is 0 Å². The summed E-state index contributed by atoms with van der Waals surface area (Å²) >= 11 is 0. The van der Waals surface area contributed by atoms with Gasteiger partial charge in [0.15, 0.2) is 0 Å². The van der Waals surface area contributed by atoms with E-state index < -0.39 is 10.0 Å². The molecule has 33 heavy (non-hydrogen) atoms. The number of amides is 2. The molecule has 0 spiro atoms. The van der Waals surface area contributed by atoms with E-state index in [2.05, 4.69) is 10.4 Å². The van der Waals surface area contributed by atoms with Crippen LogP contribution in [0.5, 0.6) is 0 Å². The lowest BCUT2D eigenvalue weighted by atomic mass is 10.2. The first-order valence-corrected chi connectivity index (χ1v) is 12.9. The zero-order valence-electron chi connectivity index (χ0n) is 19.8. The summed E-state index contributed by atoms with van der Waals surface area (Å²) in [6.07, 6.45) is 2.72. The summed E-state index contributed by atoms with van der Waals surface area (Å²) < 4.78 is 29.5. The van der Waals surface area contributed by atoms with Crippen LogP contribution in [0.15, 0.2) is 29.2 Å². The number of aromatic nitrogens is 2. The van der Waals surface area contributed by atoms with E-state index in [9.17, 15) is 18.0 Å². The van der Waals surface area contributed by atoms with Crippen molar-refractivity contribution < 1.29 is 18.0 Å². The molecule has 2 heterocycles. The number of rotatable bonds is 10. The Bertz CT molecular complexity index is 1120. The number of benzene rings is 1. The Balaban J connectivity index is 1.82. The molecule has 0 radical (unpaired) electrons. The summed E-state index contributed by atoms with van der Waals surface area (Å²) in [6.45, 7) is 8.58. The van der Waals surface area contributed by atoms with Gasteiger partial charge in [0, 0.05) is 26.1 Å². The summed E-state index contributed by atoms with van der Waals surface area (Å²) in [7, 11) is -3.71. The summed E-state index contributed by atoms with van der Waals surface area (Å²) in [5, 5.41) is 7.22. The van der Waals surface area contributed by atoms with Gasteiger partial charge in [-0.25, -0.2) is 8.42 Å². The Morgan fingerprint density at radius 3 is 2.42 bits per heavy atom. The molecule has 2 amide bonds. The molecule has 1 aliphatic heterocycles. The highest BCUT2D eigenvalue weighted by atomic mass is 32.2. The molecule has 1 aromatic carbocycles. The van der Waals surface area contributed by atoms with Crippen molar-refractivity contribution in [1.82, 2.24) is 14.1 Å². The van der Waals surface area contributed by atoms with Gasteiger partial charge in [-0.05, 0) is 45.2 Å². The van der Waals surface area contributed by atoms with Crippen LogP contribution < -0.4 is 10.2 Å². The van der Waals surface area contributed by atoms with E-state index in [-0.39, 0.29) is 23.3 Å².